The van der Waals surface area contributed by atoms with Gasteiger partial charge in [0.1, 0.15) is 12.1 Å². The molecular formula is C15H17FN6. The molecule has 3 rings (SSSR count). The molecule has 0 aliphatic heterocycles. The average molecular weight is 300 g/mol. The third kappa shape index (κ3) is 2.98. The van der Waals surface area contributed by atoms with Crippen LogP contribution in [-0.2, 0) is 6.54 Å². The number of aromatic nitrogens is 5. The van der Waals surface area contributed by atoms with Gasteiger partial charge < -0.3 is 5.32 Å². The highest BCUT2D eigenvalue weighted by atomic mass is 19.1. The highest BCUT2D eigenvalue weighted by Gasteiger charge is 2.09. The van der Waals surface area contributed by atoms with E-state index >= 15 is 0 Å². The number of anilines is 1. The van der Waals surface area contributed by atoms with Crippen LogP contribution in [0.5, 0.6) is 0 Å². The quantitative estimate of drug-likeness (QED) is 0.760. The van der Waals surface area contributed by atoms with Gasteiger partial charge in [0.25, 0.3) is 0 Å². The van der Waals surface area contributed by atoms with E-state index in [-0.39, 0.29) is 5.82 Å². The van der Waals surface area contributed by atoms with Crippen molar-refractivity contribution < 1.29 is 4.39 Å². The molecule has 22 heavy (non-hydrogen) atoms. The summed E-state index contributed by atoms with van der Waals surface area (Å²) in [5.74, 6) is 0.0729. The van der Waals surface area contributed by atoms with Crippen LogP contribution in [0.25, 0.3) is 11.4 Å². The lowest BCUT2D eigenvalue weighted by Crippen LogP contribution is -2.01. The first-order valence-corrected chi connectivity index (χ1v) is 7.05. The van der Waals surface area contributed by atoms with Crippen LogP contribution in [0.15, 0.2) is 36.9 Å². The molecule has 114 valence electrons. The van der Waals surface area contributed by atoms with Crippen molar-refractivity contribution in [1.29, 1.82) is 0 Å². The molecule has 0 fully saturated rings. The highest BCUT2D eigenvalue weighted by molar-refractivity contribution is 5.62. The van der Waals surface area contributed by atoms with E-state index in [0.29, 0.717) is 24.0 Å². The standard InChI is InChI=1S/C15H17FN6/c1-10(2)22-8-11(7-20-22)6-17-12-3-4-14(16)13(5-12)15-18-9-19-21-15/h3-5,7-10,17H,6H2,1-2H3,(H,18,19,21). The van der Waals surface area contributed by atoms with Crippen molar-refractivity contribution in [3.63, 3.8) is 0 Å². The third-order valence-corrected chi connectivity index (χ3v) is 3.32. The van der Waals surface area contributed by atoms with Gasteiger partial charge in [-0.2, -0.15) is 10.2 Å². The molecule has 2 aromatic heterocycles. The number of benzene rings is 1. The molecule has 0 saturated carbocycles. The van der Waals surface area contributed by atoms with Crippen LogP contribution in [0.1, 0.15) is 25.5 Å². The van der Waals surface area contributed by atoms with Crippen LogP contribution in [0.2, 0.25) is 0 Å². The van der Waals surface area contributed by atoms with Crippen LogP contribution in [0.3, 0.4) is 0 Å². The van der Waals surface area contributed by atoms with Crippen molar-refractivity contribution >= 4 is 5.69 Å². The van der Waals surface area contributed by atoms with E-state index in [1.54, 1.807) is 12.1 Å². The molecule has 1 aromatic carbocycles. The Balaban J connectivity index is 1.74. The van der Waals surface area contributed by atoms with Gasteiger partial charge in [0.05, 0.1) is 11.8 Å². The molecule has 2 N–H and O–H groups in total. The highest BCUT2D eigenvalue weighted by Crippen LogP contribution is 2.23. The fourth-order valence-corrected chi connectivity index (χ4v) is 2.11. The molecule has 3 aromatic rings. The molecule has 0 bridgehead atoms. The van der Waals surface area contributed by atoms with Gasteiger partial charge in [-0.05, 0) is 32.0 Å². The van der Waals surface area contributed by atoms with Gasteiger partial charge in [0.15, 0.2) is 5.82 Å². The minimum Gasteiger partial charge on any atom is -0.381 e. The SMILES string of the molecule is CC(C)n1cc(CNc2ccc(F)c(-c3ncn[nH]3)c2)cn1. The van der Waals surface area contributed by atoms with Gasteiger partial charge in [0.2, 0.25) is 0 Å². The molecule has 7 heteroatoms. The fourth-order valence-electron chi connectivity index (χ4n) is 2.11. The minimum atomic E-state index is -0.338. The second-order valence-corrected chi connectivity index (χ2v) is 5.30. The van der Waals surface area contributed by atoms with E-state index in [4.69, 9.17) is 0 Å². The van der Waals surface area contributed by atoms with Gasteiger partial charge in [-0.15, -0.1) is 0 Å². The molecule has 0 atom stereocenters. The average Bonchev–Trinajstić information content (AvgIpc) is 3.18. The second-order valence-electron chi connectivity index (χ2n) is 5.30. The van der Waals surface area contributed by atoms with Gasteiger partial charge in [-0.1, -0.05) is 0 Å². The van der Waals surface area contributed by atoms with Crippen LogP contribution < -0.4 is 5.32 Å². The molecule has 0 aliphatic rings. The monoisotopic (exact) mass is 300 g/mol. The zero-order valence-corrected chi connectivity index (χ0v) is 12.4. The van der Waals surface area contributed by atoms with Crippen LogP contribution in [-0.4, -0.2) is 25.0 Å². The number of nitrogens with zero attached hydrogens (tertiary/aromatic N) is 4. The summed E-state index contributed by atoms with van der Waals surface area (Å²) >= 11 is 0. The van der Waals surface area contributed by atoms with Gasteiger partial charge in [-0.3, -0.25) is 9.78 Å². The van der Waals surface area contributed by atoms with Gasteiger partial charge >= 0.3 is 0 Å². The number of nitrogens with one attached hydrogen (secondary N) is 2. The second kappa shape index (κ2) is 5.97. The lowest BCUT2D eigenvalue weighted by Gasteiger charge is -2.07. The first kappa shape index (κ1) is 14.2. The van der Waals surface area contributed by atoms with E-state index in [2.05, 4.69) is 39.4 Å². The van der Waals surface area contributed by atoms with E-state index in [9.17, 15) is 4.39 Å². The predicted molar refractivity (Wildman–Crippen MR) is 81.7 cm³/mol. The van der Waals surface area contributed by atoms with Crippen LogP contribution in [0.4, 0.5) is 10.1 Å². The molecule has 0 spiro atoms. The fraction of sp³-hybridized carbons (Fsp3) is 0.267. The lowest BCUT2D eigenvalue weighted by atomic mass is 10.1. The predicted octanol–water partition coefficient (Wildman–Crippen LogP) is 3.00. The molecule has 0 amide bonds. The maximum Gasteiger partial charge on any atom is 0.158 e. The topological polar surface area (TPSA) is 71.4 Å². The molecule has 0 radical (unpaired) electrons. The first-order valence-electron chi connectivity index (χ1n) is 7.05. The molecule has 0 saturated heterocycles. The van der Waals surface area contributed by atoms with E-state index < -0.39 is 0 Å². The van der Waals surface area contributed by atoms with Crippen molar-refractivity contribution in [2.24, 2.45) is 0 Å². The summed E-state index contributed by atoms with van der Waals surface area (Å²) in [6.07, 6.45) is 5.18. The van der Waals surface area contributed by atoms with Crippen molar-refractivity contribution in [3.05, 3.63) is 48.3 Å². The van der Waals surface area contributed by atoms with E-state index in [1.165, 1.54) is 12.4 Å². The summed E-state index contributed by atoms with van der Waals surface area (Å²) in [7, 11) is 0. The largest absolute Gasteiger partial charge is 0.381 e. The van der Waals surface area contributed by atoms with Crippen molar-refractivity contribution in [2.75, 3.05) is 5.32 Å². The van der Waals surface area contributed by atoms with E-state index in [1.807, 2.05) is 17.1 Å². The van der Waals surface area contributed by atoms with Crippen molar-refractivity contribution in [1.82, 2.24) is 25.0 Å². The van der Waals surface area contributed by atoms with Crippen molar-refractivity contribution in [2.45, 2.75) is 26.4 Å². The Morgan fingerprint density at radius 2 is 2.23 bits per heavy atom. The van der Waals surface area contributed by atoms with Crippen molar-refractivity contribution in [3.8, 4) is 11.4 Å². The number of aromatic amines is 1. The summed E-state index contributed by atoms with van der Waals surface area (Å²) in [5, 5.41) is 14.0. The Bertz CT molecular complexity index is 747. The van der Waals surface area contributed by atoms with Crippen LogP contribution in [0, 0.1) is 5.82 Å². The molecule has 6 nitrogen and oxygen atoms in total. The van der Waals surface area contributed by atoms with Gasteiger partial charge in [0, 0.05) is 30.0 Å². The number of hydrogen-bond acceptors (Lipinski definition) is 4. The van der Waals surface area contributed by atoms with E-state index in [0.717, 1.165) is 11.3 Å². The number of H-pyrrole nitrogens is 1. The smallest absolute Gasteiger partial charge is 0.158 e. The first-order chi connectivity index (χ1) is 10.6. The zero-order valence-electron chi connectivity index (χ0n) is 12.4. The Kier molecular flexibility index (Phi) is 3.86. The summed E-state index contributed by atoms with van der Waals surface area (Å²) in [4.78, 5) is 3.98. The summed E-state index contributed by atoms with van der Waals surface area (Å²) in [5.41, 5.74) is 2.27. The molecular weight excluding hydrogens is 283 g/mol. The number of hydrogen-bond donors (Lipinski definition) is 2. The molecule has 2 heterocycles. The number of halogens is 1. The lowest BCUT2D eigenvalue weighted by molar-refractivity contribution is 0.532. The Labute approximate surface area is 127 Å². The minimum absolute atomic E-state index is 0.331. The third-order valence-electron chi connectivity index (χ3n) is 3.32. The normalized spacial score (nSPS) is 11.1. The maximum atomic E-state index is 13.9. The summed E-state index contributed by atoms with van der Waals surface area (Å²) in [6.45, 7) is 4.77. The Hall–Kier alpha value is -2.70. The summed E-state index contributed by atoms with van der Waals surface area (Å²) < 4.78 is 15.8. The Morgan fingerprint density at radius 1 is 1.36 bits per heavy atom. The number of rotatable bonds is 5. The zero-order chi connectivity index (χ0) is 15.5. The van der Waals surface area contributed by atoms with Gasteiger partial charge in [-0.25, -0.2) is 9.37 Å². The Morgan fingerprint density at radius 3 is 2.91 bits per heavy atom. The molecule has 0 unspecified atom stereocenters. The summed E-state index contributed by atoms with van der Waals surface area (Å²) in [6, 6.07) is 5.15. The molecule has 0 aliphatic carbocycles. The maximum absolute atomic E-state index is 13.9. The van der Waals surface area contributed by atoms with Crippen LogP contribution >= 0.6 is 0 Å².